The van der Waals surface area contributed by atoms with E-state index in [0.29, 0.717) is 55.5 Å². The van der Waals surface area contributed by atoms with Crippen molar-refractivity contribution in [1.82, 2.24) is 20.2 Å². The predicted octanol–water partition coefficient (Wildman–Crippen LogP) is 2.87. The number of anilines is 1. The Hall–Kier alpha value is -2.50. The maximum atomic E-state index is 14.6. The van der Waals surface area contributed by atoms with Crippen LogP contribution >= 0.6 is 24.2 Å². The zero-order chi connectivity index (χ0) is 24.4. The number of halogens is 2. The Morgan fingerprint density at radius 3 is 3.00 bits per heavy atom. The summed E-state index contributed by atoms with van der Waals surface area (Å²) in [6.07, 6.45) is 1.34. The number of β-amino-alcohol motifs (C(OH)–C–C–N with tert-alkyl or cyclic N) is 1. The van der Waals surface area contributed by atoms with Crippen LogP contribution in [0, 0.1) is 11.7 Å². The van der Waals surface area contributed by atoms with Crippen LogP contribution in [0.15, 0.2) is 41.4 Å². The summed E-state index contributed by atoms with van der Waals surface area (Å²) in [7, 11) is 1.59. The minimum Gasteiger partial charge on any atom is -0.497 e. The van der Waals surface area contributed by atoms with E-state index < -0.39 is 6.10 Å². The largest absolute Gasteiger partial charge is 0.497 e. The molecule has 2 aromatic heterocycles. The van der Waals surface area contributed by atoms with E-state index in [4.69, 9.17) is 4.74 Å². The normalized spacial score (nSPS) is 19.6. The molecule has 0 radical (unpaired) electrons. The number of pyridine rings is 2. The second kappa shape index (κ2) is 11.7. The van der Waals surface area contributed by atoms with Gasteiger partial charge in [-0.3, -0.25) is 9.78 Å². The lowest BCUT2D eigenvalue weighted by atomic mass is 10.0. The van der Waals surface area contributed by atoms with Gasteiger partial charge < -0.3 is 25.4 Å². The number of likely N-dealkylation sites (tertiary alicyclic amines) is 1. The summed E-state index contributed by atoms with van der Waals surface area (Å²) in [5.74, 6) is 1.42. The second-order valence-corrected chi connectivity index (χ2v) is 9.94. The van der Waals surface area contributed by atoms with Crippen LogP contribution in [0.2, 0.25) is 0 Å². The van der Waals surface area contributed by atoms with Crippen molar-refractivity contribution in [3.05, 3.63) is 53.6 Å². The van der Waals surface area contributed by atoms with Crippen LogP contribution in [-0.2, 0) is 17.8 Å². The molecule has 3 aromatic rings. The Labute approximate surface area is 219 Å². The number of amides is 1. The van der Waals surface area contributed by atoms with Crippen molar-refractivity contribution in [1.29, 1.82) is 0 Å². The third kappa shape index (κ3) is 5.90. The number of ether oxygens (including phenoxy) is 1. The van der Waals surface area contributed by atoms with Crippen LogP contribution in [-0.4, -0.2) is 71.0 Å². The molecular weight excluding hydrogens is 505 g/mol. The summed E-state index contributed by atoms with van der Waals surface area (Å²) in [4.78, 5) is 23.5. The monoisotopic (exact) mass is 533 g/mol. The van der Waals surface area contributed by atoms with Crippen LogP contribution < -0.4 is 15.4 Å². The Morgan fingerprint density at radius 1 is 1.31 bits per heavy atom. The Morgan fingerprint density at radius 2 is 2.17 bits per heavy atom. The number of thioether (sulfide) groups is 1. The summed E-state index contributed by atoms with van der Waals surface area (Å²) in [6.45, 7) is 3.12. The second-order valence-electron chi connectivity index (χ2n) is 8.92. The molecule has 0 saturated carbocycles. The molecule has 2 atom stereocenters. The van der Waals surface area contributed by atoms with Gasteiger partial charge in [0.05, 0.1) is 41.3 Å². The molecule has 0 bridgehead atoms. The van der Waals surface area contributed by atoms with E-state index in [1.807, 2.05) is 30.3 Å². The Bertz CT molecular complexity index is 1250. The molecule has 1 aromatic carbocycles. The van der Waals surface area contributed by atoms with Gasteiger partial charge in [0.1, 0.15) is 17.4 Å². The predicted molar refractivity (Wildman–Crippen MR) is 140 cm³/mol. The van der Waals surface area contributed by atoms with E-state index in [1.54, 1.807) is 7.11 Å². The first-order chi connectivity index (χ1) is 17.0. The topological polar surface area (TPSA) is 99.6 Å². The van der Waals surface area contributed by atoms with Crippen LogP contribution in [0.25, 0.3) is 10.9 Å². The average Bonchev–Trinajstić information content (AvgIpc) is 3.21. The summed E-state index contributed by atoms with van der Waals surface area (Å²) >= 11 is 1.49. The number of carbonyl (C=O) groups is 1. The Balaban J connectivity index is 0.00000304. The molecule has 5 rings (SSSR count). The van der Waals surface area contributed by atoms with Crippen molar-refractivity contribution in [3.63, 3.8) is 0 Å². The first kappa shape index (κ1) is 26.6. The van der Waals surface area contributed by atoms with E-state index in [2.05, 4.69) is 25.5 Å². The van der Waals surface area contributed by atoms with Crippen LogP contribution in [0.5, 0.6) is 5.75 Å². The van der Waals surface area contributed by atoms with Crippen molar-refractivity contribution in [2.75, 3.05) is 44.4 Å². The van der Waals surface area contributed by atoms with Crippen LogP contribution in [0.1, 0.15) is 11.3 Å². The fraction of sp³-hybridized carbons (Fsp3) is 0.400. The number of benzene rings is 1. The molecule has 0 aliphatic carbocycles. The molecule has 1 saturated heterocycles. The fourth-order valence-electron chi connectivity index (χ4n) is 4.67. The number of nitrogens with zero attached hydrogens (tertiary/aromatic N) is 3. The van der Waals surface area contributed by atoms with Gasteiger partial charge in [0, 0.05) is 49.6 Å². The smallest absolute Gasteiger partial charge is 0.235 e. The van der Waals surface area contributed by atoms with Gasteiger partial charge in [-0.1, -0.05) is 0 Å². The van der Waals surface area contributed by atoms with Crippen LogP contribution in [0.4, 0.5) is 10.2 Å². The number of aliphatic hydroxyl groups excluding tert-OH is 1. The number of aromatic nitrogens is 2. The number of rotatable bonds is 8. The zero-order valence-corrected chi connectivity index (χ0v) is 21.5. The highest BCUT2D eigenvalue weighted by Crippen LogP contribution is 2.30. The molecule has 1 fully saturated rings. The highest BCUT2D eigenvalue weighted by atomic mass is 35.5. The molecule has 1 amide bonds. The van der Waals surface area contributed by atoms with Crippen molar-refractivity contribution in [3.8, 4) is 5.75 Å². The number of fused-ring (bicyclic) bond motifs is 2. The minimum absolute atomic E-state index is 0. The molecule has 0 spiro atoms. The van der Waals surface area contributed by atoms with Gasteiger partial charge in [0.15, 0.2) is 0 Å². The SMILES string of the molecule is COc1ccc2ncc(F)c(CCN3CC(O)C(CNCc4ccc5c(n4)NC(=O)CS5)C3)c2c1.Cl. The van der Waals surface area contributed by atoms with Crippen molar-refractivity contribution in [2.24, 2.45) is 5.92 Å². The lowest BCUT2D eigenvalue weighted by molar-refractivity contribution is -0.113. The van der Waals surface area contributed by atoms with Gasteiger partial charge >= 0.3 is 0 Å². The molecule has 3 N–H and O–H groups in total. The summed E-state index contributed by atoms with van der Waals surface area (Å²) in [5, 5.41) is 17.5. The third-order valence-electron chi connectivity index (χ3n) is 6.54. The van der Waals surface area contributed by atoms with Gasteiger partial charge in [-0.2, -0.15) is 0 Å². The highest BCUT2D eigenvalue weighted by Gasteiger charge is 2.31. The quantitative estimate of drug-likeness (QED) is 0.406. The van der Waals surface area contributed by atoms with E-state index in [0.717, 1.165) is 28.0 Å². The van der Waals surface area contributed by atoms with E-state index in [9.17, 15) is 14.3 Å². The highest BCUT2D eigenvalue weighted by molar-refractivity contribution is 8.00. The minimum atomic E-state index is -0.450. The van der Waals surface area contributed by atoms with E-state index in [1.165, 1.54) is 18.0 Å². The first-order valence-corrected chi connectivity index (χ1v) is 12.6. The Kier molecular flexibility index (Phi) is 8.63. The number of methoxy groups -OCH3 is 1. The van der Waals surface area contributed by atoms with Crippen molar-refractivity contribution >= 4 is 46.8 Å². The number of aliphatic hydroxyl groups is 1. The van der Waals surface area contributed by atoms with E-state index in [-0.39, 0.29) is 30.0 Å². The molecule has 8 nitrogen and oxygen atoms in total. The summed E-state index contributed by atoms with van der Waals surface area (Å²) in [6, 6.07) is 9.41. The summed E-state index contributed by atoms with van der Waals surface area (Å²) < 4.78 is 19.9. The van der Waals surface area contributed by atoms with Crippen LogP contribution in [0.3, 0.4) is 0 Å². The molecule has 2 unspecified atom stereocenters. The third-order valence-corrected chi connectivity index (χ3v) is 7.59. The van der Waals surface area contributed by atoms with Gasteiger partial charge in [-0.05, 0) is 36.8 Å². The van der Waals surface area contributed by atoms with Crippen molar-refractivity contribution < 1.29 is 19.0 Å². The lowest BCUT2D eigenvalue weighted by Gasteiger charge is -2.18. The number of hydrogen-bond acceptors (Lipinski definition) is 8. The maximum absolute atomic E-state index is 14.6. The number of nitrogens with one attached hydrogen (secondary N) is 2. The van der Waals surface area contributed by atoms with Gasteiger partial charge in [0.2, 0.25) is 5.91 Å². The summed E-state index contributed by atoms with van der Waals surface area (Å²) in [5.41, 5.74) is 2.19. The molecule has 2 aliphatic heterocycles. The average molecular weight is 534 g/mol. The first-order valence-electron chi connectivity index (χ1n) is 11.6. The lowest BCUT2D eigenvalue weighted by Crippen LogP contribution is -2.30. The zero-order valence-electron chi connectivity index (χ0n) is 19.9. The number of carbonyl (C=O) groups excluding carboxylic acids is 1. The molecule has 4 heterocycles. The molecule has 192 valence electrons. The van der Waals surface area contributed by atoms with Gasteiger partial charge in [0.25, 0.3) is 0 Å². The fourth-order valence-corrected chi connectivity index (χ4v) is 5.42. The van der Waals surface area contributed by atoms with Gasteiger partial charge in [-0.15, -0.1) is 24.2 Å². The van der Waals surface area contributed by atoms with Crippen molar-refractivity contribution in [2.45, 2.75) is 24.0 Å². The van der Waals surface area contributed by atoms with Gasteiger partial charge in [-0.25, -0.2) is 9.37 Å². The van der Waals surface area contributed by atoms with E-state index >= 15 is 0 Å². The number of hydrogen-bond donors (Lipinski definition) is 3. The maximum Gasteiger partial charge on any atom is 0.235 e. The standard InChI is InChI=1S/C25H28FN5O3S.ClH/c1-34-17-3-4-21-19(8-17)18(20(26)11-28-21)6-7-31-12-15(22(32)13-31)9-27-10-16-2-5-23-25(29-16)30-24(33)14-35-23;/h2-5,8,11,15,22,27,32H,6-7,9-10,12-14H2,1H3,(H,29,30,33);1H. The molecule has 36 heavy (non-hydrogen) atoms. The molecular formula is C25H29ClFN5O3S. The molecule has 11 heteroatoms. The molecule has 2 aliphatic rings.